The molecule has 0 saturated carbocycles. The minimum atomic E-state index is -0.393. The van der Waals surface area contributed by atoms with E-state index in [-0.39, 0.29) is 5.57 Å². The van der Waals surface area contributed by atoms with Crippen LogP contribution in [0.5, 0.6) is 0 Å². The molecule has 0 spiro atoms. The Morgan fingerprint density at radius 2 is 1.78 bits per heavy atom. The quantitative estimate of drug-likeness (QED) is 0.606. The highest BCUT2D eigenvalue weighted by atomic mass is 79.9. The summed E-state index contributed by atoms with van der Waals surface area (Å²) in [6, 6.07) is 19.2. The van der Waals surface area contributed by atoms with Crippen molar-refractivity contribution in [1.29, 1.82) is 5.26 Å². The topological polar surface area (TPSA) is 64.9 Å². The first kappa shape index (κ1) is 16.8. The number of nitrogens with one attached hydrogen (secondary N) is 2. The van der Waals surface area contributed by atoms with Crippen LogP contribution in [0.1, 0.15) is 11.1 Å². The molecule has 0 aliphatic carbocycles. The van der Waals surface area contributed by atoms with Gasteiger partial charge in [0.2, 0.25) is 0 Å². The summed E-state index contributed by atoms with van der Waals surface area (Å²) in [7, 11) is 0. The average Bonchev–Trinajstić information content (AvgIpc) is 2.59. The smallest absolute Gasteiger partial charge is 0.263 e. The third-order valence-electron chi connectivity index (χ3n) is 3.16. The van der Waals surface area contributed by atoms with Gasteiger partial charge in [0, 0.05) is 23.8 Å². The Morgan fingerprint density at radius 1 is 1.09 bits per heavy atom. The second-order valence-electron chi connectivity index (χ2n) is 4.81. The number of halogens is 1. The molecule has 0 saturated heterocycles. The summed E-state index contributed by atoms with van der Waals surface area (Å²) in [6.07, 6.45) is 1.44. The molecule has 2 N–H and O–H groups in total. The van der Waals surface area contributed by atoms with Gasteiger partial charge in [-0.3, -0.25) is 4.79 Å². The summed E-state index contributed by atoms with van der Waals surface area (Å²) in [5.41, 5.74) is 2.08. The van der Waals surface area contributed by atoms with Crippen LogP contribution in [0.2, 0.25) is 0 Å². The first-order valence-electron chi connectivity index (χ1n) is 7.10. The van der Waals surface area contributed by atoms with Crippen molar-refractivity contribution >= 4 is 21.8 Å². The number of carbonyl (C=O) groups excluding carboxylic acids is 1. The van der Waals surface area contributed by atoms with Crippen LogP contribution in [-0.2, 0) is 17.9 Å². The molecule has 0 aliphatic rings. The van der Waals surface area contributed by atoms with Crippen molar-refractivity contribution in [2.75, 3.05) is 0 Å². The minimum absolute atomic E-state index is 0.0491. The number of nitriles is 1. The van der Waals surface area contributed by atoms with E-state index >= 15 is 0 Å². The molecule has 2 aromatic rings. The standard InChI is InChI=1S/C18H16BrN3O/c19-17-9-5-4-8-15(17)12-21-13-16(10-20)18(23)22-11-14-6-2-1-3-7-14/h1-9,13,21H,11-12H2,(H,22,23)/b16-13-. The van der Waals surface area contributed by atoms with E-state index in [1.165, 1.54) is 6.20 Å². The predicted molar refractivity (Wildman–Crippen MR) is 93.0 cm³/mol. The highest BCUT2D eigenvalue weighted by molar-refractivity contribution is 9.10. The van der Waals surface area contributed by atoms with Gasteiger partial charge in [-0.05, 0) is 17.2 Å². The zero-order chi connectivity index (χ0) is 16.5. The molecular weight excluding hydrogens is 354 g/mol. The lowest BCUT2D eigenvalue weighted by Crippen LogP contribution is -2.25. The van der Waals surface area contributed by atoms with Crippen LogP contribution >= 0.6 is 15.9 Å². The summed E-state index contributed by atoms with van der Waals surface area (Å²) in [5.74, 6) is -0.393. The first-order chi connectivity index (χ1) is 11.2. The van der Waals surface area contributed by atoms with E-state index in [9.17, 15) is 4.79 Å². The van der Waals surface area contributed by atoms with Gasteiger partial charge in [0.05, 0.1) is 0 Å². The van der Waals surface area contributed by atoms with Gasteiger partial charge in [0.25, 0.3) is 5.91 Å². The van der Waals surface area contributed by atoms with Crippen molar-refractivity contribution in [3.63, 3.8) is 0 Å². The van der Waals surface area contributed by atoms with Crippen molar-refractivity contribution in [2.45, 2.75) is 13.1 Å². The van der Waals surface area contributed by atoms with E-state index < -0.39 is 5.91 Å². The molecule has 4 nitrogen and oxygen atoms in total. The first-order valence-corrected chi connectivity index (χ1v) is 7.89. The van der Waals surface area contributed by atoms with Gasteiger partial charge in [-0.1, -0.05) is 64.5 Å². The fourth-order valence-electron chi connectivity index (χ4n) is 1.93. The van der Waals surface area contributed by atoms with E-state index in [1.807, 2.05) is 60.7 Å². The Bertz CT molecular complexity index is 735. The molecule has 5 heteroatoms. The van der Waals surface area contributed by atoms with Crippen molar-refractivity contribution in [3.05, 3.63) is 82.0 Å². The second-order valence-corrected chi connectivity index (χ2v) is 5.66. The molecule has 0 fully saturated rings. The van der Waals surface area contributed by atoms with Crippen molar-refractivity contribution in [2.24, 2.45) is 0 Å². The number of carbonyl (C=O) groups is 1. The maximum atomic E-state index is 12.0. The van der Waals surface area contributed by atoms with Crippen LogP contribution < -0.4 is 10.6 Å². The molecule has 23 heavy (non-hydrogen) atoms. The number of benzene rings is 2. The Balaban J connectivity index is 1.89. The lowest BCUT2D eigenvalue weighted by Gasteiger charge is -2.06. The summed E-state index contributed by atoms with van der Waals surface area (Å²) >= 11 is 3.46. The normalized spacial score (nSPS) is 10.7. The van der Waals surface area contributed by atoms with E-state index in [1.54, 1.807) is 0 Å². The molecule has 2 aromatic carbocycles. The Labute approximate surface area is 144 Å². The molecule has 2 rings (SSSR count). The van der Waals surface area contributed by atoms with Crippen molar-refractivity contribution < 1.29 is 4.79 Å². The van der Waals surface area contributed by atoms with E-state index in [0.717, 1.165) is 15.6 Å². The maximum absolute atomic E-state index is 12.0. The summed E-state index contributed by atoms with van der Waals surface area (Å²) in [4.78, 5) is 12.0. The van der Waals surface area contributed by atoms with E-state index in [0.29, 0.717) is 13.1 Å². The molecule has 0 unspecified atom stereocenters. The summed E-state index contributed by atoms with van der Waals surface area (Å²) < 4.78 is 0.980. The number of nitrogens with zero attached hydrogens (tertiary/aromatic N) is 1. The van der Waals surface area contributed by atoms with E-state index in [4.69, 9.17) is 5.26 Å². The van der Waals surface area contributed by atoms with Crippen LogP contribution in [0, 0.1) is 11.3 Å². The molecule has 116 valence electrons. The Kier molecular flexibility index (Phi) is 6.40. The van der Waals surface area contributed by atoms with Crippen molar-refractivity contribution in [3.8, 4) is 6.07 Å². The zero-order valence-corrected chi connectivity index (χ0v) is 14.0. The van der Waals surface area contributed by atoms with Gasteiger partial charge in [-0.15, -0.1) is 0 Å². The number of hydrogen-bond acceptors (Lipinski definition) is 3. The second kappa shape index (κ2) is 8.76. The van der Waals surface area contributed by atoms with Gasteiger partial charge < -0.3 is 10.6 Å². The lowest BCUT2D eigenvalue weighted by molar-refractivity contribution is -0.117. The maximum Gasteiger partial charge on any atom is 0.263 e. The van der Waals surface area contributed by atoms with E-state index in [2.05, 4.69) is 26.6 Å². The molecule has 0 bridgehead atoms. The summed E-state index contributed by atoms with van der Waals surface area (Å²) in [5, 5.41) is 14.8. The van der Waals surface area contributed by atoms with Crippen LogP contribution in [0.25, 0.3) is 0 Å². The lowest BCUT2D eigenvalue weighted by atomic mass is 10.2. The van der Waals surface area contributed by atoms with Crippen LogP contribution in [0.3, 0.4) is 0 Å². The molecule has 0 heterocycles. The molecule has 0 aromatic heterocycles. The molecule has 0 atom stereocenters. The molecule has 1 amide bonds. The largest absolute Gasteiger partial charge is 0.386 e. The molecule has 0 aliphatic heterocycles. The summed E-state index contributed by atoms with van der Waals surface area (Å²) in [6.45, 7) is 0.918. The predicted octanol–water partition coefficient (Wildman–Crippen LogP) is 3.26. The Hall–Kier alpha value is -2.58. The minimum Gasteiger partial charge on any atom is -0.386 e. The SMILES string of the molecule is N#C/C(=C/NCc1ccccc1Br)C(=O)NCc1ccccc1. The van der Waals surface area contributed by atoms with Gasteiger partial charge in [-0.2, -0.15) is 5.26 Å². The van der Waals surface area contributed by atoms with Crippen LogP contribution in [0.15, 0.2) is 70.8 Å². The van der Waals surface area contributed by atoms with Crippen LogP contribution in [-0.4, -0.2) is 5.91 Å². The molecule has 0 radical (unpaired) electrons. The third kappa shape index (κ3) is 5.28. The fraction of sp³-hybridized carbons (Fsp3) is 0.111. The van der Waals surface area contributed by atoms with Gasteiger partial charge in [0.1, 0.15) is 11.6 Å². The van der Waals surface area contributed by atoms with Gasteiger partial charge >= 0.3 is 0 Å². The monoisotopic (exact) mass is 369 g/mol. The number of rotatable bonds is 6. The Morgan fingerprint density at radius 3 is 2.48 bits per heavy atom. The van der Waals surface area contributed by atoms with Gasteiger partial charge in [0.15, 0.2) is 0 Å². The van der Waals surface area contributed by atoms with Crippen molar-refractivity contribution in [1.82, 2.24) is 10.6 Å². The highest BCUT2D eigenvalue weighted by Crippen LogP contribution is 2.15. The average molecular weight is 370 g/mol. The zero-order valence-electron chi connectivity index (χ0n) is 12.4. The number of amides is 1. The number of hydrogen-bond donors (Lipinski definition) is 2. The fourth-order valence-corrected chi connectivity index (χ4v) is 2.35. The molecular formula is C18H16BrN3O. The third-order valence-corrected chi connectivity index (χ3v) is 3.93. The highest BCUT2D eigenvalue weighted by Gasteiger charge is 2.08. The van der Waals surface area contributed by atoms with Crippen LogP contribution in [0.4, 0.5) is 0 Å². The van der Waals surface area contributed by atoms with Gasteiger partial charge in [-0.25, -0.2) is 0 Å².